The van der Waals surface area contributed by atoms with E-state index in [1.54, 1.807) is 23.0 Å². The average molecular weight is 314 g/mol. The molecule has 0 amide bonds. The zero-order valence-electron chi connectivity index (χ0n) is 12.8. The van der Waals surface area contributed by atoms with Crippen molar-refractivity contribution in [3.05, 3.63) is 90.8 Å². The van der Waals surface area contributed by atoms with E-state index in [1.165, 1.54) is 0 Å². The molecule has 4 aromatic rings. The number of aromatic nitrogens is 2. The second-order valence-electron chi connectivity index (χ2n) is 5.32. The first-order valence-corrected chi connectivity index (χ1v) is 7.61. The summed E-state index contributed by atoms with van der Waals surface area (Å²) in [6, 6.07) is 24.2. The number of hydrogen-bond acceptors (Lipinski definition) is 3. The van der Waals surface area contributed by atoms with Crippen molar-refractivity contribution in [2.75, 3.05) is 0 Å². The van der Waals surface area contributed by atoms with Crippen LogP contribution in [0.5, 0.6) is 11.5 Å². The van der Waals surface area contributed by atoms with Crippen molar-refractivity contribution in [2.24, 2.45) is 0 Å². The summed E-state index contributed by atoms with van der Waals surface area (Å²) in [6.45, 7) is 0. The number of hydrogen-bond donors (Lipinski definition) is 0. The van der Waals surface area contributed by atoms with E-state index in [2.05, 4.69) is 4.98 Å². The lowest BCUT2D eigenvalue weighted by Gasteiger charge is -2.11. The van der Waals surface area contributed by atoms with E-state index < -0.39 is 0 Å². The quantitative estimate of drug-likeness (QED) is 0.558. The number of benzene rings is 3. The monoisotopic (exact) mass is 314 g/mol. The first kappa shape index (κ1) is 14.2. The van der Waals surface area contributed by atoms with Gasteiger partial charge >= 0.3 is 0 Å². The van der Waals surface area contributed by atoms with Gasteiger partial charge in [-0.05, 0) is 36.4 Å². The Kier molecular flexibility index (Phi) is 3.56. The molecule has 1 aromatic heterocycles. The minimum absolute atomic E-state index is 0.171. The maximum Gasteiger partial charge on any atom is 0.267 e. The molecule has 0 bridgehead atoms. The number of para-hydroxylation sites is 4. The van der Waals surface area contributed by atoms with Crippen LogP contribution in [0, 0.1) is 0 Å². The molecular formula is C20H14N2O2. The van der Waals surface area contributed by atoms with Crippen LogP contribution in [-0.2, 0) is 0 Å². The summed E-state index contributed by atoms with van der Waals surface area (Å²) in [5, 5.41) is 0. The standard InChI is InChI=1S/C20H14N2O2/c23-20(22-14-21-17-11-5-6-12-18(17)22)16-10-4-7-13-19(16)24-15-8-2-1-3-9-15/h1-14H. The Bertz CT molecular complexity index is 1010. The molecule has 0 unspecified atom stereocenters. The van der Waals surface area contributed by atoms with E-state index in [0.717, 1.165) is 11.0 Å². The molecule has 116 valence electrons. The molecule has 24 heavy (non-hydrogen) atoms. The third-order valence-corrected chi connectivity index (χ3v) is 3.76. The molecule has 4 rings (SSSR count). The number of imidazole rings is 1. The molecule has 0 saturated carbocycles. The van der Waals surface area contributed by atoms with Crippen LogP contribution in [0.3, 0.4) is 0 Å². The second kappa shape index (κ2) is 6.01. The van der Waals surface area contributed by atoms with Gasteiger partial charge < -0.3 is 4.74 Å². The normalized spacial score (nSPS) is 10.7. The molecule has 4 nitrogen and oxygen atoms in total. The van der Waals surface area contributed by atoms with E-state index in [4.69, 9.17) is 4.74 Å². The van der Waals surface area contributed by atoms with Crippen LogP contribution < -0.4 is 4.74 Å². The van der Waals surface area contributed by atoms with Gasteiger partial charge in [0.2, 0.25) is 0 Å². The maximum atomic E-state index is 13.0. The van der Waals surface area contributed by atoms with E-state index in [0.29, 0.717) is 17.1 Å². The van der Waals surface area contributed by atoms with E-state index in [-0.39, 0.29) is 5.91 Å². The lowest BCUT2D eigenvalue weighted by atomic mass is 10.2. The Labute approximate surface area is 139 Å². The van der Waals surface area contributed by atoms with Gasteiger partial charge in [0.05, 0.1) is 16.6 Å². The molecule has 1 heterocycles. The molecule has 0 radical (unpaired) electrons. The summed E-state index contributed by atoms with van der Waals surface area (Å²) in [4.78, 5) is 17.3. The topological polar surface area (TPSA) is 44.1 Å². The minimum Gasteiger partial charge on any atom is -0.457 e. The van der Waals surface area contributed by atoms with Crippen molar-refractivity contribution in [3.8, 4) is 11.5 Å². The summed E-state index contributed by atoms with van der Waals surface area (Å²) in [5.41, 5.74) is 2.05. The van der Waals surface area contributed by atoms with E-state index >= 15 is 0 Å². The fourth-order valence-corrected chi connectivity index (χ4v) is 2.60. The third kappa shape index (κ3) is 2.54. The molecule has 0 N–H and O–H groups in total. The van der Waals surface area contributed by atoms with Crippen molar-refractivity contribution in [1.82, 2.24) is 9.55 Å². The Morgan fingerprint density at radius 3 is 2.42 bits per heavy atom. The molecule has 3 aromatic carbocycles. The number of carbonyl (C=O) groups excluding carboxylic acids is 1. The highest BCUT2D eigenvalue weighted by Gasteiger charge is 2.17. The maximum absolute atomic E-state index is 13.0. The fourth-order valence-electron chi connectivity index (χ4n) is 2.60. The summed E-state index contributed by atoms with van der Waals surface area (Å²) >= 11 is 0. The van der Waals surface area contributed by atoms with Crippen LogP contribution in [0.2, 0.25) is 0 Å². The van der Waals surface area contributed by atoms with E-state index in [9.17, 15) is 4.79 Å². The molecule has 0 aliphatic heterocycles. The largest absolute Gasteiger partial charge is 0.457 e. The molecule has 0 aliphatic carbocycles. The van der Waals surface area contributed by atoms with Crippen LogP contribution in [0.4, 0.5) is 0 Å². The summed E-state index contributed by atoms with van der Waals surface area (Å²) in [7, 11) is 0. The number of fused-ring (bicyclic) bond motifs is 1. The smallest absolute Gasteiger partial charge is 0.267 e. The highest BCUT2D eigenvalue weighted by atomic mass is 16.5. The van der Waals surface area contributed by atoms with Gasteiger partial charge in [0.1, 0.15) is 17.8 Å². The lowest BCUT2D eigenvalue weighted by molar-refractivity contribution is 0.0962. The van der Waals surface area contributed by atoms with Crippen molar-refractivity contribution in [2.45, 2.75) is 0 Å². The van der Waals surface area contributed by atoms with Crippen molar-refractivity contribution in [1.29, 1.82) is 0 Å². The molecule has 0 aliphatic rings. The average Bonchev–Trinajstić information content (AvgIpc) is 3.07. The van der Waals surface area contributed by atoms with Gasteiger partial charge in [-0.15, -0.1) is 0 Å². The van der Waals surface area contributed by atoms with Crippen LogP contribution in [0.1, 0.15) is 10.4 Å². The van der Waals surface area contributed by atoms with Crippen molar-refractivity contribution >= 4 is 16.9 Å². The van der Waals surface area contributed by atoms with Gasteiger partial charge in [-0.25, -0.2) is 4.98 Å². The van der Waals surface area contributed by atoms with Crippen molar-refractivity contribution < 1.29 is 9.53 Å². The zero-order valence-corrected chi connectivity index (χ0v) is 12.8. The number of ether oxygens (including phenoxy) is 1. The van der Waals surface area contributed by atoms with E-state index in [1.807, 2.05) is 66.7 Å². The molecule has 4 heteroatoms. The Morgan fingerprint density at radius 2 is 1.54 bits per heavy atom. The first-order chi connectivity index (χ1) is 11.8. The summed E-state index contributed by atoms with van der Waals surface area (Å²) < 4.78 is 7.43. The molecule has 0 atom stereocenters. The van der Waals surface area contributed by atoms with Gasteiger partial charge in [0, 0.05) is 0 Å². The van der Waals surface area contributed by atoms with Gasteiger partial charge in [-0.2, -0.15) is 0 Å². The van der Waals surface area contributed by atoms with Crippen LogP contribution >= 0.6 is 0 Å². The van der Waals surface area contributed by atoms with Gasteiger partial charge in [0.25, 0.3) is 5.91 Å². The predicted molar refractivity (Wildman–Crippen MR) is 92.4 cm³/mol. The van der Waals surface area contributed by atoms with Crippen molar-refractivity contribution in [3.63, 3.8) is 0 Å². The Balaban J connectivity index is 1.75. The minimum atomic E-state index is -0.171. The Hall–Kier alpha value is -3.40. The molecule has 0 fully saturated rings. The highest BCUT2D eigenvalue weighted by molar-refractivity contribution is 6.03. The molecular weight excluding hydrogens is 300 g/mol. The number of nitrogens with zero attached hydrogens (tertiary/aromatic N) is 2. The van der Waals surface area contributed by atoms with Crippen LogP contribution in [-0.4, -0.2) is 15.5 Å². The van der Waals surface area contributed by atoms with Crippen LogP contribution in [0.25, 0.3) is 11.0 Å². The van der Waals surface area contributed by atoms with Gasteiger partial charge in [0.15, 0.2) is 0 Å². The second-order valence-corrected chi connectivity index (χ2v) is 5.32. The SMILES string of the molecule is O=C(c1ccccc1Oc1ccccc1)n1cnc2ccccc21. The lowest BCUT2D eigenvalue weighted by Crippen LogP contribution is -2.11. The van der Waals surface area contributed by atoms with Crippen LogP contribution in [0.15, 0.2) is 85.2 Å². The summed E-state index contributed by atoms with van der Waals surface area (Å²) in [6.07, 6.45) is 1.55. The summed E-state index contributed by atoms with van der Waals surface area (Å²) in [5.74, 6) is 1.04. The Morgan fingerprint density at radius 1 is 0.833 bits per heavy atom. The third-order valence-electron chi connectivity index (χ3n) is 3.76. The highest BCUT2D eigenvalue weighted by Crippen LogP contribution is 2.26. The first-order valence-electron chi connectivity index (χ1n) is 7.61. The number of rotatable bonds is 3. The molecule has 0 spiro atoms. The van der Waals surface area contributed by atoms with Gasteiger partial charge in [-0.1, -0.05) is 42.5 Å². The fraction of sp³-hybridized carbons (Fsp3) is 0. The number of carbonyl (C=O) groups is 1. The molecule has 0 saturated heterocycles. The zero-order chi connectivity index (χ0) is 16.4. The van der Waals surface area contributed by atoms with Gasteiger partial charge in [-0.3, -0.25) is 9.36 Å². The predicted octanol–water partition coefficient (Wildman–Crippen LogP) is 4.52.